The summed E-state index contributed by atoms with van der Waals surface area (Å²) in [5, 5.41) is 37.5. The molecular weight excluding hydrogens is 504 g/mol. The average molecular weight is 543 g/mol. The lowest BCUT2D eigenvalue weighted by molar-refractivity contribution is -0.154. The van der Waals surface area contributed by atoms with Gasteiger partial charge in [-0.3, -0.25) is 4.79 Å². The van der Waals surface area contributed by atoms with E-state index in [1.165, 1.54) is 43.4 Å². The minimum absolute atomic E-state index is 0.0235. The minimum atomic E-state index is -0.136. The highest BCUT2D eigenvalue weighted by Crippen LogP contribution is 2.61. The Morgan fingerprint density at radius 1 is 0.800 bits per heavy atom. The number of fused-ring (bicyclic) bond motifs is 5. The van der Waals surface area contributed by atoms with Crippen molar-refractivity contribution in [1.29, 1.82) is 0 Å². The van der Waals surface area contributed by atoms with Crippen LogP contribution in [0.2, 0.25) is 0 Å². The van der Waals surface area contributed by atoms with E-state index in [2.05, 4.69) is 13.0 Å². The molecule has 6 heteroatoms. The van der Waals surface area contributed by atoms with Crippen LogP contribution >= 0.6 is 0 Å². The standard InChI is InChI=1S/C20H26O3.C14H12O3/c1-12(21)23-19-8-7-18-17-5-3-13-11-14(22)4-6-15(13)16(17)9-10-20(18,19)2;15-12-5-3-10(4-6-12)1-2-11-7-13(16)9-14(17)8-11/h4,6,11,16-19,22H,3,5,7-10H2,1-2H3;1-9,15-17H. The molecule has 0 aliphatic heterocycles. The van der Waals surface area contributed by atoms with Crippen LogP contribution < -0.4 is 0 Å². The van der Waals surface area contributed by atoms with Crippen molar-refractivity contribution < 1.29 is 30.0 Å². The van der Waals surface area contributed by atoms with E-state index in [0.29, 0.717) is 29.1 Å². The second-order valence-corrected chi connectivity index (χ2v) is 11.7. The number of benzene rings is 3. The third-order valence-corrected chi connectivity index (χ3v) is 9.22. The van der Waals surface area contributed by atoms with Gasteiger partial charge in [0.2, 0.25) is 0 Å². The molecular formula is C34H38O6. The SMILES string of the molecule is CC(=O)OC1CCC2C3CCc4cc(O)ccc4C3CCC12C.Oc1ccc(C=Cc2cc(O)cc(O)c2)cc1. The summed E-state index contributed by atoms with van der Waals surface area (Å²) in [4.78, 5) is 11.4. The number of hydrogen-bond acceptors (Lipinski definition) is 6. The van der Waals surface area contributed by atoms with E-state index in [1.54, 1.807) is 42.5 Å². The maximum Gasteiger partial charge on any atom is 0.302 e. The van der Waals surface area contributed by atoms with E-state index in [0.717, 1.165) is 24.8 Å². The first-order valence-corrected chi connectivity index (χ1v) is 14.1. The van der Waals surface area contributed by atoms with Crippen LogP contribution in [0.15, 0.2) is 60.7 Å². The Labute approximate surface area is 235 Å². The van der Waals surface area contributed by atoms with Gasteiger partial charge in [-0.2, -0.15) is 0 Å². The molecule has 3 aliphatic carbocycles. The fourth-order valence-corrected chi connectivity index (χ4v) is 7.41. The number of phenolic OH excluding ortho intramolecular Hbond substituents is 4. The monoisotopic (exact) mass is 542 g/mol. The number of phenols is 4. The molecule has 210 valence electrons. The number of carbonyl (C=O) groups excluding carboxylic acids is 1. The second kappa shape index (κ2) is 11.3. The summed E-state index contributed by atoms with van der Waals surface area (Å²) >= 11 is 0. The zero-order valence-electron chi connectivity index (χ0n) is 23.1. The molecule has 5 unspecified atom stereocenters. The number of hydrogen-bond donors (Lipinski definition) is 4. The Morgan fingerprint density at radius 3 is 2.17 bits per heavy atom. The first-order chi connectivity index (χ1) is 19.1. The lowest BCUT2D eigenvalue weighted by Gasteiger charge is -2.50. The smallest absolute Gasteiger partial charge is 0.302 e. The zero-order chi connectivity index (χ0) is 28.4. The molecule has 40 heavy (non-hydrogen) atoms. The van der Waals surface area contributed by atoms with Crippen molar-refractivity contribution in [1.82, 2.24) is 0 Å². The van der Waals surface area contributed by atoms with Crippen LogP contribution in [-0.4, -0.2) is 32.5 Å². The van der Waals surface area contributed by atoms with Crippen molar-refractivity contribution in [2.45, 2.75) is 64.4 Å². The number of ether oxygens (including phenoxy) is 1. The molecule has 6 rings (SSSR count). The summed E-state index contributed by atoms with van der Waals surface area (Å²) in [5.41, 5.74) is 4.57. The maximum absolute atomic E-state index is 11.4. The molecule has 3 aromatic rings. The third kappa shape index (κ3) is 5.81. The van der Waals surface area contributed by atoms with E-state index >= 15 is 0 Å². The Kier molecular flexibility index (Phi) is 7.79. The quantitative estimate of drug-likeness (QED) is 0.207. The number of aryl methyl sites for hydroxylation is 1. The van der Waals surface area contributed by atoms with E-state index in [4.69, 9.17) is 9.84 Å². The first-order valence-electron chi connectivity index (χ1n) is 14.1. The number of carbonyl (C=O) groups is 1. The molecule has 2 fully saturated rings. The molecule has 5 atom stereocenters. The molecule has 6 nitrogen and oxygen atoms in total. The van der Waals surface area contributed by atoms with Gasteiger partial charge < -0.3 is 25.2 Å². The molecule has 3 aromatic carbocycles. The first kappa shape index (κ1) is 27.6. The Morgan fingerprint density at radius 2 is 1.48 bits per heavy atom. The molecule has 0 heterocycles. The van der Waals surface area contributed by atoms with Crippen molar-refractivity contribution >= 4 is 18.1 Å². The fourth-order valence-electron chi connectivity index (χ4n) is 7.41. The van der Waals surface area contributed by atoms with Crippen LogP contribution in [0, 0.1) is 17.3 Å². The zero-order valence-corrected chi connectivity index (χ0v) is 23.1. The van der Waals surface area contributed by atoms with Gasteiger partial charge in [0.25, 0.3) is 0 Å². The van der Waals surface area contributed by atoms with Crippen molar-refractivity contribution in [3.8, 4) is 23.0 Å². The second-order valence-electron chi connectivity index (χ2n) is 11.7. The summed E-state index contributed by atoms with van der Waals surface area (Å²) in [6, 6.07) is 17.1. The van der Waals surface area contributed by atoms with Gasteiger partial charge in [-0.15, -0.1) is 0 Å². The highest BCUT2D eigenvalue weighted by molar-refractivity contribution is 5.71. The summed E-state index contributed by atoms with van der Waals surface area (Å²) < 4.78 is 5.68. The van der Waals surface area contributed by atoms with Crippen molar-refractivity contribution in [3.05, 3.63) is 82.9 Å². The Bertz CT molecular complexity index is 1370. The van der Waals surface area contributed by atoms with E-state index in [1.807, 2.05) is 18.2 Å². The Balaban J connectivity index is 0.000000170. The van der Waals surface area contributed by atoms with E-state index < -0.39 is 0 Å². The van der Waals surface area contributed by atoms with Gasteiger partial charge in [-0.05, 0) is 115 Å². The molecule has 0 spiro atoms. The van der Waals surface area contributed by atoms with Gasteiger partial charge in [0.1, 0.15) is 29.1 Å². The molecule has 0 saturated heterocycles. The molecule has 4 N–H and O–H groups in total. The van der Waals surface area contributed by atoms with Gasteiger partial charge in [0.15, 0.2) is 0 Å². The highest BCUT2D eigenvalue weighted by atomic mass is 16.5. The maximum atomic E-state index is 11.4. The predicted octanol–water partition coefficient (Wildman–Crippen LogP) is 7.15. The summed E-state index contributed by atoms with van der Waals surface area (Å²) in [7, 11) is 0. The normalized spacial score (nSPS) is 26.6. The van der Waals surface area contributed by atoms with Crippen LogP contribution in [0.4, 0.5) is 0 Å². The van der Waals surface area contributed by atoms with Gasteiger partial charge in [0.05, 0.1) is 0 Å². The van der Waals surface area contributed by atoms with Crippen molar-refractivity contribution in [2.75, 3.05) is 0 Å². The van der Waals surface area contributed by atoms with Gasteiger partial charge in [-0.1, -0.05) is 37.3 Å². The predicted molar refractivity (Wildman–Crippen MR) is 155 cm³/mol. The molecule has 0 bridgehead atoms. The van der Waals surface area contributed by atoms with Gasteiger partial charge in [0, 0.05) is 18.4 Å². The lowest BCUT2D eigenvalue weighted by Crippen LogP contribution is -2.45. The summed E-state index contributed by atoms with van der Waals surface area (Å²) in [6.07, 6.45) is 10.5. The number of aromatic hydroxyl groups is 4. The highest BCUT2D eigenvalue weighted by Gasteiger charge is 2.56. The number of rotatable bonds is 3. The molecule has 0 aromatic heterocycles. The number of esters is 1. The molecule has 0 radical (unpaired) electrons. The minimum Gasteiger partial charge on any atom is -0.508 e. The lowest BCUT2D eigenvalue weighted by atomic mass is 9.55. The topological polar surface area (TPSA) is 107 Å². The van der Waals surface area contributed by atoms with Crippen LogP contribution in [-0.2, 0) is 16.0 Å². The van der Waals surface area contributed by atoms with Crippen molar-refractivity contribution in [3.63, 3.8) is 0 Å². The average Bonchev–Trinajstić information content (AvgIpc) is 3.23. The summed E-state index contributed by atoms with van der Waals surface area (Å²) in [5.74, 6) is 2.50. The van der Waals surface area contributed by atoms with Crippen LogP contribution in [0.5, 0.6) is 23.0 Å². The van der Waals surface area contributed by atoms with Crippen LogP contribution in [0.1, 0.15) is 74.1 Å². The molecule has 3 aliphatic rings. The van der Waals surface area contributed by atoms with E-state index in [9.17, 15) is 20.1 Å². The van der Waals surface area contributed by atoms with Crippen LogP contribution in [0.25, 0.3) is 12.2 Å². The van der Waals surface area contributed by atoms with Crippen molar-refractivity contribution in [2.24, 2.45) is 17.3 Å². The van der Waals surface area contributed by atoms with Gasteiger partial charge in [-0.25, -0.2) is 0 Å². The third-order valence-electron chi connectivity index (χ3n) is 9.22. The summed E-state index contributed by atoms with van der Waals surface area (Å²) in [6.45, 7) is 3.88. The Hall–Kier alpha value is -3.93. The largest absolute Gasteiger partial charge is 0.508 e. The molecule has 2 saturated carbocycles. The van der Waals surface area contributed by atoms with Gasteiger partial charge >= 0.3 is 5.97 Å². The molecule has 0 amide bonds. The van der Waals surface area contributed by atoms with Crippen LogP contribution in [0.3, 0.4) is 0 Å². The van der Waals surface area contributed by atoms with E-state index in [-0.39, 0.29) is 34.7 Å². The fraction of sp³-hybridized carbons (Fsp3) is 0.382.